The van der Waals surface area contributed by atoms with E-state index in [1.165, 1.54) is 35.1 Å². The summed E-state index contributed by atoms with van der Waals surface area (Å²) in [5, 5.41) is 0. The quantitative estimate of drug-likeness (QED) is 0.614. The first kappa shape index (κ1) is 10.9. The minimum Gasteiger partial charge on any atom is -0.0617 e. The maximum Gasteiger partial charge on any atom is -0.0238 e. The SMILES string of the molecule is Cc1cccc(C)c1.c1cc2cc(c1)CC2. The van der Waals surface area contributed by atoms with Crippen molar-refractivity contribution in [1.29, 1.82) is 0 Å². The molecular weight excluding hydrogens is 192 g/mol. The normalized spacial score (nSPS) is 11.9. The fourth-order valence-electron chi connectivity index (χ4n) is 2.04. The summed E-state index contributed by atoms with van der Waals surface area (Å²) in [6.07, 6.45) is 2.53. The van der Waals surface area contributed by atoms with Gasteiger partial charge in [0.2, 0.25) is 0 Å². The Hall–Kier alpha value is -1.56. The molecule has 0 spiro atoms. The summed E-state index contributed by atoms with van der Waals surface area (Å²) >= 11 is 0. The number of rotatable bonds is 0. The van der Waals surface area contributed by atoms with Gasteiger partial charge < -0.3 is 0 Å². The molecule has 0 fully saturated rings. The Morgan fingerprint density at radius 2 is 1.19 bits per heavy atom. The number of hydrogen-bond acceptors (Lipinski definition) is 0. The number of benzene rings is 2. The molecule has 0 radical (unpaired) electrons. The second kappa shape index (κ2) is 4.98. The molecule has 0 unspecified atom stereocenters. The molecule has 16 heavy (non-hydrogen) atoms. The number of hydrogen-bond donors (Lipinski definition) is 0. The largest absolute Gasteiger partial charge is 0.0617 e. The smallest absolute Gasteiger partial charge is 0.0238 e. The molecule has 0 nitrogen and oxygen atoms in total. The van der Waals surface area contributed by atoms with Gasteiger partial charge in [-0.2, -0.15) is 0 Å². The molecule has 0 saturated carbocycles. The molecule has 0 heteroatoms. The summed E-state index contributed by atoms with van der Waals surface area (Å²) in [6, 6.07) is 17.2. The number of aryl methyl sites for hydroxylation is 4. The molecule has 0 amide bonds. The third-order valence-electron chi connectivity index (χ3n) is 2.87. The molecule has 1 aliphatic carbocycles. The van der Waals surface area contributed by atoms with Gasteiger partial charge in [0.15, 0.2) is 0 Å². The van der Waals surface area contributed by atoms with Gasteiger partial charge >= 0.3 is 0 Å². The molecule has 0 N–H and O–H groups in total. The lowest BCUT2D eigenvalue weighted by atomic mass is 10.2. The first-order valence-corrected chi connectivity index (χ1v) is 5.85. The monoisotopic (exact) mass is 210 g/mol. The lowest BCUT2D eigenvalue weighted by Gasteiger charge is -1.90. The molecule has 82 valence electrons. The molecule has 3 rings (SSSR count). The van der Waals surface area contributed by atoms with E-state index < -0.39 is 0 Å². The second-order valence-corrected chi connectivity index (χ2v) is 4.48. The molecule has 2 aromatic carbocycles. The summed E-state index contributed by atoms with van der Waals surface area (Å²) in [7, 11) is 0. The van der Waals surface area contributed by atoms with Crippen molar-refractivity contribution >= 4 is 0 Å². The third-order valence-corrected chi connectivity index (χ3v) is 2.87. The molecule has 0 aliphatic heterocycles. The van der Waals surface area contributed by atoms with Crippen LogP contribution in [-0.2, 0) is 12.8 Å². The Balaban J connectivity index is 0.000000120. The average Bonchev–Trinajstić information content (AvgIpc) is 2.58. The van der Waals surface area contributed by atoms with E-state index in [0.29, 0.717) is 0 Å². The van der Waals surface area contributed by atoms with Crippen molar-refractivity contribution in [3.05, 3.63) is 70.8 Å². The lowest BCUT2D eigenvalue weighted by Crippen LogP contribution is -1.72. The van der Waals surface area contributed by atoms with Crippen molar-refractivity contribution < 1.29 is 0 Å². The lowest BCUT2D eigenvalue weighted by molar-refractivity contribution is 1.03. The molecule has 0 heterocycles. The highest BCUT2D eigenvalue weighted by molar-refractivity contribution is 5.29. The van der Waals surface area contributed by atoms with Crippen LogP contribution in [0.4, 0.5) is 0 Å². The van der Waals surface area contributed by atoms with Gasteiger partial charge in [-0.1, -0.05) is 59.7 Å². The third kappa shape index (κ3) is 2.96. The maximum absolute atomic E-state index is 2.28. The van der Waals surface area contributed by atoms with Gasteiger partial charge in [0, 0.05) is 0 Å². The Morgan fingerprint density at radius 1 is 0.688 bits per heavy atom. The van der Waals surface area contributed by atoms with Crippen LogP contribution in [0.3, 0.4) is 0 Å². The highest BCUT2D eigenvalue weighted by Crippen LogP contribution is 2.15. The minimum atomic E-state index is 1.27. The van der Waals surface area contributed by atoms with Gasteiger partial charge in [-0.05, 0) is 37.8 Å². The van der Waals surface area contributed by atoms with Crippen LogP contribution in [0.5, 0.6) is 0 Å². The Morgan fingerprint density at radius 3 is 1.56 bits per heavy atom. The molecule has 2 bridgehead atoms. The Bertz CT molecular complexity index is 432. The highest BCUT2D eigenvalue weighted by Gasteiger charge is 2.02. The van der Waals surface area contributed by atoms with E-state index in [9.17, 15) is 0 Å². The summed E-state index contributed by atoms with van der Waals surface area (Å²) < 4.78 is 0. The first-order valence-electron chi connectivity index (χ1n) is 5.85. The summed E-state index contributed by atoms with van der Waals surface area (Å²) in [5.74, 6) is 0. The van der Waals surface area contributed by atoms with E-state index in [1.54, 1.807) is 0 Å². The van der Waals surface area contributed by atoms with Gasteiger partial charge in [-0.15, -0.1) is 0 Å². The Kier molecular flexibility index (Phi) is 3.40. The fraction of sp³-hybridized carbons (Fsp3) is 0.250. The minimum absolute atomic E-state index is 1.27. The van der Waals surface area contributed by atoms with E-state index in [-0.39, 0.29) is 0 Å². The van der Waals surface area contributed by atoms with Gasteiger partial charge in [-0.25, -0.2) is 0 Å². The molecule has 0 aromatic heterocycles. The van der Waals surface area contributed by atoms with Gasteiger partial charge in [0.25, 0.3) is 0 Å². The van der Waals surface area contributed by atoms with Crippen LogP contribution in [0.15, 0.2) is 48.5 Å². The number of fused-ring (bicyclic) bond motifs is 2. The first-order chi connectivity index (χ1) is 7.74. The average molecular weight is 210 g/mol. The van der Waals surface area contributed by atoms with E-state index in [0.717, 1.165) is 0 Å². The zero-order valence-electron chi connectivity index (χ0n) is 10.0. The van der Waals surface area contributed by atoms with Crippen molar-refractivity contribution in [2.45, 2.75) is 26.7 Å². The summed E-state index contributed by atoms with van der Waals surface area (Å²) in [4.78, 5) is 0. The molecular formula is C16H18. The second-order valence-electron chi connectivity index (χ2n) is 4.48. The van der Waals surface area contributed by atoms with E-state index >= 15 is 0 Å². The van der Waals surface area contributed by atoms with Crippen LogP contribution in [0, 0.1) is 13.8 Å². The highest BCUT2D eigenvalue weighted by atomic mass is 14.1. The van der Waals surface area contributed by atoms with E-state index in [4.69, 9.17) is 0 Å². The van der Waals surface area contributed by atoms with Crippen LogP contribution in [0.2, 0.25) is 0 Å². The van der Waals surface area contributed by atoms with Crippen LogP contribution in [0.1, 0.15) is 22.3 Å². The van der Waals surface area contributed by atoms with Gasteiger partial charge in [0.1, 0.15) is 0 Å². The summed E-state index contributed by atoms with van der Waals surface area (Å²) in [5.41, 5.74) is 5.68. The van der Waals surface area contributed by atoms with Crippen molar-refractivity contribution in [2.24, 2.45) is 0 Å². The van der Waals surface area contributed by atoms with E-state index in [1.807, 2.05) is 0 Å². The van der Waals surface area contributed by atoms with Crippen LogP contribution < -0.4 is 0 Å². The molecule has 0 saturated heterocycles. The molecule has 0 atom stereocenters. The van der Waals surface area contributed by atoms with Crippen LogP contribution >= 0.6 is 0 Å². The molecule has 2 aromatic rings. The van der Waals surface area contributed by atoms with E-state index in [2.05, 4.69) is 62.4 Å². The van der Waals surface area contributed by atoms with Crippen molar-refractivity contribution in [3.8, 4) is 0 Å². The summed E-state index contributed by atoms with van der Waals surface area (Å²) in [6.45, 7) is 4.21. The zero-order valence-corrected chi connectivity index (χ0v) is 10.0. The van der Waals surface area contributed by atoms with Crippen LogP contribution in [0.25, 0.3) is 0 Å². The Labute approximate surface area is 97.9 Å². The fourth-order valence-corrected chi connectivity index (χ4v) is 2.04. The predicted molar refractivity (Wildman–Crippen MR) is 69.8 cm³/mol. The standard InChI is InChI=1S/C8H8.C8H10/c1-2-7-4-5-8(3-1)6-7;1-7-4-3-5-8(2)6-7/h1-3,6H,4-5H2;3-6H,1-2H3. The van der Waals surface area contributed by atoms with Crippen molar-refractivity contribution in [1.82, 2.24) is 0 Å². The topological polar surface area (TPSA) is 0 Å². The predicted octanol–water partition coefficient (Wildman–Crippen LogP) is 4.09. The van der Waals surface area contributed by atoms with Crippen LogP contribution in [-0.4, -0.2) is 0 Å². The van der Waals surface area contributed by atoms with Gasteiger partial charge in [-0.3, -0.25) is 0 Å². The zero-order chi connectivity index (χ0) is 11.4. The van der Waals surface area contributed by atoms with Crippen molar-refractivity contribution in [3.63, 3.8) is 0 Å². The maximum atomic E-state index is 2.28. The van der Waals surface area contributed by atoms with Gasteiger partial charge in [0.05, 0.1) is 0 Å². The molecule has 1 aliphatic rings. The van der Waals surface area contributed by atoms with Crippen molar-refractivity contribution in [2.75, 3.05) is 0 Å².